The fourth-order valence-corrected chi connectivity index (χ4v) is 3.83. The van der Waals surface area contributed by atoms with E-state index in [1.165, 1.54) is 0 Å². The zero-order chi connectivity index (χ0) is 26.4. The van der Waals surface area contributed by atoms with Gasteiger partial charge in [0.15, 0.2) is 0 Å². The number of carbonyl (C=O) groups excluding carboxylic acids is 3. The van der Waals surface area contributed by atoms with Gasteiger partial charge in [-0.25, -0.2) is 4.79 Å². The van der Waals surface area contributed by atoms with Crippen LogP contribution >= 0.6 is 0 Å². The molecule has 3 amide bonds. The Kier molecular flexibility index (Phi) is 7.57. The molecule has 0 fully saturated rings. The zero-order valence-corrected chi connectivity index (χ0v) is 21.1. The van der Waals surface area contributed by atoms with E-state index in [2.05, 4.69) is 21.3 Å². The molecule has 4 N–H and O–H groups in total. The van der Waals surface area contributed by atoms with Crippen molar-refractivity contribution < 1.29 is 19.1 Å². The molecule has 8 nitrogen and oxygen atoms in total. The first-order chi connectivity index (χ1) is 17.7. The zero-order valence-electron chi connectivity index (χ0n) is 21.1. The average molecular weight is 499 g/mol. The lowest BCUT2D eigenvalue weighted by Gasteiger charge is -2.19. The lowest BCUT2D eigenvalue weighted by Crippen LogP contribution is -2.39. The molecule has 3 aromatic carbocycles. The van der Waals surface area contributed by atoms with Crippen molar-refractivity contribution in [3.63, 3.8) is 0 Å². The van der Waals surface area contributed by atoms with Gasteiger partial charge < -0.3 is 26.0 Å². The minimum atomic E-state index is -0.639. The van der Waals surface area contributed by atoms with Crippen LogP contribution in [-0.2, 0) is 20.9 Å². The molecule has 190 valence electrons. The molecule has 0 saturated heterocycles. The fourth-order valence-electron chi connectivity index (χ4n) is 3.83. The number of carbonyl (C=O) groups is 3. The monoisotopic (exact) mass is 498 g/mol. The maximum Gasteiger partial charge on any atom is 0.408 e. The molecule has 0 unspecified atom stereocenters. The van der Waals surface area contributed by atoms with Crippen molar-refractivity contribution in [1.29, 1.82) is 0 Å². The topological polar surface area (TPSA) is 109 Å². The number of hydrogen-bond acceptors (Lipinski definition) is 5. The third kappa shape index (κ3) is 6.76. The fraction of sp³-hybridized carbons (Fsp3) is 0.207. The van der Waals surface area contributed by atoms with Crippen LogP contribution in [0.1, 0.15) is 37.5 Å². The Morgan fingerprint density at radius 1 is 0.865 bits per heavy atom. The van der Waals surface area contributed by atoms with Crippen LogP contribution in [0.2, 0.25) is 0 Å². The largest absolute Gasteiger partial charge is 0.444 e. The molecule has 4 rings (SSSR count). The smallest absolute Gasteiger partial charge is 0.408 e. The molecule has 0 saturated carbocycles. The van der Waals surface area contributed by atoms with E-state index in [1.807, 2.05) is 78.9 Å². The van der Waals surface area contributed by atoms with Crippen LogP contribution in [0, 0.1) is 0 Å². The Morgan fingerprint density at radius 3 is 2.24 bits per heavy atom. The summed E-state index contributed by atoms with van der Waals surface area (Å²) in [6, 6.07) is 24.9. The third-order valence-electron chi connectivity index (χ3n) is 5.49. The molecule has 37 heavy (non-hydrogen) atoms. The Balaban J connectivity index is 1.44. The summed E-state index contributed by atoms with van der Waals surface area (Å²) in [4.78, 5) is 36.7. The van der Waals surface area contributed by atoms with Gasteiger partial charge in [0.2, 0.25) is 5.91 Å². The van der Waals surface area contributed by atoms with Crippen LogP contribution < -0.4 is 21.3 Å². The summed E-state index contributed by atoms with van der Waals surface area (Å²) in [5.74, 6) is -0.484. The van der Waals surface area contributed by atoms with Crippen LogP contribution in [0.25, 0.3) is 11.3 Å². The van der Waals surface area contributed by atoms with E-state index in [-0.39, 0.29) is 18.4 Å². The highest BCUT2D eigenvalue weighted by molar-refractivity contribution is 6.37. The summed E-state index contributed by atoms with van der Waals surface area (Å²) < 4.78 is 5.12. The molecule has 0 bridgehead atoms. The first-order valence-electron chi connectivity index (χ1n) is 12.0. The maximum atomic E-state index is 12.9. The van der Waals surface area contributed by atoms with Crippen molar-refractivity contribution >= 4 is 40.6 Å². The Morgan fingerprint density at radius 2 is 1.54 bits per heavy atom. The highest BCUT2D eigenvalue weighted by Crippen LogP contribution is 2.37. The standard InChI is InChI=1S/C29H30N4O4/c1-29(2,3)37-28(36)31-18-24(34)30-17-19-13-15-21(16-14-19)32-26(20-9-5-4-6-10-20)25-22-11-7-8-12-23(22)33-27(25)35/h4-16,32H,17-18H2,1-3H3,(H,30,34)(H,31,36)(H,33,35). The van der Waals surface area contributed by atoms with E-state index in [9.17, 15) is 14.4 Å². The van der Waals surface area contributed by atoms with Gasteiger partial charge in [-0.2, -0.15) is 0 Å². The molecule has 3 aromatic rings. The van der Waals surface area contributed by atoms with Crippen molar-refractivity contribution in [3.8, 4) is 0 Å². The van der Waals surface area contributed by atoms with Gasteiger partial charge in [-0.05, 0) is 50.1 Å². The van der Waals surface area contributed by atoms with Crippen LogP contribution in [0.15, 0.2) is 78.9 Å². The molecule has 1 aliphatic rings. The summed E-state index contributed by atoms with van der Waals surface area (Å²) >= 11 is 0. The number of fused-ring (bicyclic) bond motifs is 1. The lowest BCUT2D eigenvalue weighted by atomic mass is 10.00. The van der Waals surface area contributed by atoms with Gasteiger partial charge in [-0.3, -0.25) is 9.59 Å². The number of rotatable bonds is 7. The van der Waals surface area contributed by atoms with Crippen LogP contribution in [0.5, 0.6) is 0 Å². The normalized spacial score (nSPS) is 13.8. The number of ether oxygens (including phenoxy) is 1. The molecule has 0 atom stereocenters. The van der Waals surface area contributed by atoms with E-state index >= 15 is 0 Å². The molecule has 8 heteroatoms. The van der Waals surface area contributed by atoms with Gasteiger partial charge in [0.1, 0.15) is 12.1 Å². The second-order valence-corrected chi connectivity index (χ2v) is 9.57. The molecule has 1 heterocycles. The number of benzene rings is 3. The summed E-state index contributed by atoms with van der Waals surface area (Å²) in [5, 5.41) is 11.6. The quantitative estimate of drug-likeness (QED) is 0.351. The van der Waals surface area contributed by atoms with Gasteiger partial charge in [0.25, 0.3) is 5.91 Å². The Bertz CT molecular complexity index is 1330. The Labute approximate surface area is 216 Å². The summed E-state index contributed by atoms with van der Waals surface area (Å²) in [5.41, 5.74) is 4.85. The van der Waals surface area contributed by atoms with Crippen LogP contribution in [0.3, 0.4) is 0 Å². The van der Waals surface area contributed by atoms with Crippen molar-refractivity contribution in [3.05, 3.63) is 95.6 Å². The van der Waals surface area contributed by atoms with E-state index in [0.717, 1.165) is 28.1 Å². The second-order valence-electron chi connectivity index (χ2n) is 9.57. The molecular weight excluding hydrogens is 468 g/mol. The highest BCUT2D eigenvalue weighted by atomic mass is 16.6. The predicted octanol–water partition coefficient (Wildman–Crippen LogP) is 4.76. The highest BCUT2D eigenvalue weighted by Gasteiger charge is 2.28. The van der Waals surface area contributed by atoms with Crippen molar-refractivity contribution in [1.82, 2.24) is 10.6 Å². The first kappa shape index (κ1) is 25.5. The number of amides is 3. The minimum Gasteiger partial charge on any atom is -0.444 e. The second kappa shape index (κ2) is 11.0. The van der Waals surface area contributed by atoms with E-state index in [0.29, 0.717) is 17.8 Å². The van der Waals surface area contributed by atoms with Gasteiger partial charge >= 0.3 is 6.09 Å². The summed E-state index contributed by atoms with van der Waals surface area (Å²) in [6.45, 7) is 5.40. The van der Waals surface area contributed by atoms with E-state index in [4.69, 9.17) is 4.74 Å². The summed E-state index contributed by atoms with van der Waals surface area (Å²) in [6.07, 6.45) is -0.639. The minimum absolute atomic E-state index is 0.160. The molecular formula is C29H30N4O4. The number of nitrogens with one attached hydrogen (secondary N) is 4. The van der Waals surface area contributed by atoms with Crippen molar-refractivity contribution in [2.24, 2.45) is 0 Å². The van der Waals surface area contributed by atoms with Crippen molar-refractivity contribution in [2.45, 2.75) is 32.9 Å². The van der Waals surface area contributed by atoms with Crippen LogP contribution in [0.4, 0.5) is 16.2 Å². The van der Waals surface area contributed by atoms with Gasteiger partial charge in [-0.1, -0.05) is 60.7 Å². The van der Waals surface area contributed by atoms with E-state index < -0.39 is 11.7 Å². The maximum absolute atomic E-state index is 12.9. The van der Waals surface area contributed by atoms with Crippen LogP contribution in [-0.4, -0.2) is 30.1 Å². The van der Waals surface area contributed by atoms with E-state index in [1.54, 1.807) is 20.8 Å². The number of alkyl carbamates (subject to hydrolysis) is 1. The number of anilines is 2. The van der Waals surface area contributed by atoms with Gasteiger partial charge in [0.05, 0.1) is 11.3 Å². The predicted molar refractivity (Wildman–Crippen MR) is 144 cm³/mol. The van der Waals surface area contributed by atoms with Gasteiger partial charge in [0, 0.05) is 23.5 Å². The molecule has 0 aliphatic carbocycles. The lowest BCUT2D eigenvalue weighted by molar-refractivity contribution is -0.120. The molecule has 0 radical (unpaired) electrons. The van der Waals surface area contributed by atoms with Gasteiger partial charge in [-0.15, -0.1) is 0 Å². The molecule has 1 aliphatic heterocycles. The average Bonchev–Trinajstić information content (AvgIpc) is 3.20. The molecule has 0 aromatic heterocycles. The number of para-hydroxylation sites is 1. The number of hydrogen-bond donors (Lipinski definition) is 4. The Hall–Kier alpha value is -4.59. The van der Waals surface area contributed by atoms with Crippen molar-refractivity contribution in [2.75, 3.05) is 17.2 Å². The first-order valence-corrected chi connectivity index (χ1v) is 12.0. The SMILES string of the molecule is CC(C)(C)OC(=O)NCC(=O)NCc1ccc(NC(=C2C(=O)Nc3ccccc32)c2ccccc2)cc1. The third-order valence-corrected chi connectivity index (χ3v) is 5.49. The summed E-state index contributed by atoms with van der Waals surface area (Å²) in [7, 11) is 0. The molecule has 0 spiro atoms.